The smallest absolute Gasteiger partial charge is 0.323 e. The molecule has 8 atom stereocenters. The van der Waals surface area contributed by atoms with Gasteiger partial charge in [0.05, 0.1) is 6.10 Å². The van der Waals surface area contributed by atoms with E-state index in [9.17, 15) is 29.4 Å². The first-order chi connectivity index (χ1) is 16.3. The number of aliphatic hydroxyl groups excluding tert-OH is 1. The number of carboxylic acid groups (broad SMARTS) is 1. The number of carboxylic acids is 1. The van der Waals surface area contributed by atoms with E-state index < -0.39 is 52.9 Å². The molecule has 0 unspecified atom stereocenters. The fourth-order valence-electron chi connectivity index (χ4n) is 7.55. The van der Waals surface area contributed by atoms with Crippen LogP contribution in [0.25, 0.3) is 0 Å². The standard InChI is InChI=1S/C26H35NO8/c1-24-9-7-15(28)11-14(24)3-4-16-17-8-10-26(34,25(17,2)12-19(29)22(16)24)20(30)13-35-23(33)18(27)5-6-21(31)32/h7,9,11,16-19,22,29,34H,3-6,8,10,12-13,27H2,1-2H3,(H,31,32)/t16-,17-,18+,19-,22+,24-,25-,26-/m0/s1. The van der Waals surface area contributed by atoms with Crippen molar-refractivity contribution < 1.29 is 39.2 Å². The van der Waals surface area contributed by atoms with Gasteiger partial charge in [0.25, 0.3) is 0 Å². The van der Waals surface area contributed by atoms with Gasteiger partial charge in [-0.1, -0.05) is 25.5 Å². The summed E-state index contributed by atoms with van der Waals surface area (Å²) in [5, 5.41) is 31.8. The van der Waals surface area contributed by atoms with Crippen molar-refractivity contribution in [2.24, 2.45) is 34.3 Å². The molecule has 9 heteroatoms. The van der Waals surface area contributed by atoms with Crippen molar-refractivity contribution in [2.45, 2.75) is 76.5 Å². The molecule has 0 amide bonds. The number of esters is 1. The lowest BCUT2D eigenvalue weighted by atomic mass is 9.46. The zero-order chi connectivity index (χ0) is 25.8. The summed E-state index contributed by atoms with van der Waals surface area (Å²) >= 11 is 0. The summed E-state index contributed by atoms with van der Waals surface area (Å²) < 4.78 is 5.05. The van der Waals surface area contributed by atoms with E-state index in [1.165, 1.54) is 0 Å². The fraction of sp³-hybridized carbons (Fsp3) is 0.692. The number of carbonyl (C=O) groups is 4. The number of ether oxygens (including phenoxy) is 1. The molecule has 0 heterocycles. The number of ketones is 2. The van der Waals surface area contributed by atoms with Gasteiger partial charge in [0.15, 0.2) is 12.4 Å². The fourth-order valence-corrected chi connectivity index (χ4v) is 7.55. The molecule has 4 aliphatic carbocycles. The maximum Gasteiger partial charge on any atom is 0.323 e. The summed E-state index contributed by atoms with van der Waals surface area (Å²) in [7, 11) is 0. The Morgan fingerprint density at radius 2 is 1.97 bits per heavy atom. The molecule has 0 aliphatic heterocycles. The average molecular weight is 490 g/mol. The number of nitrogens with two attached hydrogens (primary N) is 1. The highest BCUT2D eigenvalue weighted by Gasteiger charge is 2.68. The molecule has 4 aliphatic rings. The first-order valence-electron chi connectivity index (χ1n) is 12.4. The van der Waals surface area contributed by atoms with Crippen molar-refractivity contribution >= 4 is 23.5 Å². The molecule has 4 rings (SSSR count). The Labute approximate surface area is 204 Å². The van der Waals surface area contributed by atoms with Crippen molar-refractivity contribution in [1.82, 2.24) is 0 Å². The summed E-state index contributed by atoms with van der Waals surface area (Å²) in [5.41, 5.74) is 3.60. The summed E-state index contributed by atoms with van der Waals surface area (Å²) in [6, 6.07) is -1.17. The van der Waals surface area contributed by atoms with Gasteiger partial charge in [-0.05, 0) is 62.5 Å². The van der Waals surface area contributed by atoms with Crippen molar-refractivity contribution in [1.29, 1.82) is 0 Å². The number of Topliss-reactive ketones (excluding diaryl/α,β-unsaturated/α-hetero) is 1. The number of rotatable bonds is 7. The van der Waals surface area contributed by atoms with Gasteiger partial charge in [0.1, 0.15) is 11.6 Å². The van der Waals surface area contributed by atoms with Crippen LogP contribution in [0.5, 0.6) is 0 Å². The minimum atomic E-state index is -1.76. The second-order valence-electron chi connectivity index (χ2n) is 11.2. The molecule has 3 saturated carbocycles. The van der Waals surface area contributed by atoms with Crippen LogP contribution in [0.15, 0.2) is 23.8 Å². The number of aliphatic carboxylic acids is 1. The predicted molar refractivity (Wildman–Crippen MR) is 124 cm³/mol. The minimum absolute atomic E-state index is 0.0113. The largest absolute Gasteiger partial charge is 0.481 e. The minimum Gasteiger partial charge on any atom is -0.481 e. The van der Waals surface area contributed by atoms with Crippen LogP contribution >= 0.6 is 0 Å². The van der Waals surface area contributed by atoms with Gasteiger partial charge >= 0.3 is 11.9 Å². The van der Waals surface area contributed by atoms with E-state index in [1.807, 2.05) is 13.0 Å². The highest BCUT2D eigenvalue weighted by atomic mass is 16.5. The van der Waals surface area contributed by atoms with Gasteiger partial charge < -0.3 is 25.8 Å². The van der Waals surface area contributed by atoms with Gasteiger partial charge in [-0.25, -0.2) is 0 Å². The van der Waals surface area contributed by atoms with E-state index in [1.54, 1.807) is 12.2 Å². The molecule has 5 N–H and O–H groups in total. The van der Waals surface area contributed by atoms with Crippen molar-refractivity contribution in [3.8, 4) is 0 Å². The predicted octanol–water partition coefficient (Wildman–Crippen LogP) is 1.30. The van der Waals surface area contributed by atoms with Crippen LogP contribution in [0.4, 0.5) is 0 Å². The van der Waals surface area contributed by atoms with Gasteiger partial charge in [-0.2, -0.15) is 0 Å². The van der Waals surface area contributed by atoms with E-state index >= 15 is 0 Å². The van der Waals surface area contributed by atoms with E-state index in [0.717, 1.165) is 18.4 Å². The zero-order valence-corrected chi connectivity index (χ0v) is 20.2. The lowest BCUT2D eigenvalue weighted by Gasteiger charge is -2.59. The third-order valence-electron chi connectivity index (χ3n) is 9.43. The topological polar surface area (TPSA) is 164 Å². The first kappa shape index (κ1) is 25.7. The second kappa shape index (κ2) is 8.94. The molecular formula is C26H35NO8. The van der Waals surface area contributed by atoms with Crippen LogP contribution in [0.1, 0.15) is 58.8 Å². The van der Waals surface area contributed by atoms with Crippen molar-refractivity contribution in [3.05, 3.63) is 23.8 Å². The van der Waals surface area contributed by atoms with Crippen molar-refractivity contribution in [2.75, 3.05) is 6.61 Å². The Morgan fingerprint density at radius 1 is 1.26 bits per heavy atom. The van der Waals surface area contributed by atoms with Gasteiger partial charge in [-0.15, -0.1) is 0 Å². The summed E-state index contributed by atoms with van der Waals surface area (Å²) in [5.74, 6) is -2.70. The second-order valence-corrected chi connectivity index (χ2v) is 11.2. The number of aliphatic hydroxyl groups is 2. The quantitative estimate of drug-likeness (QED) is 0.386. The van der Waals surface area contributed by atoms with Crippen molar-refractivity contribution in [3.63, 3.8) is 0 Å². The molecule has 0 spiro atoms. The maximum atomic E-state index is 13.2. The molecule has 0 aromatic heterocycles. The summed E-state index contributed by atoms with van der Waals surface area (Å²) in [4.78, 5) is 48.0. The van der Waals surface area contributed by atoms with E-state index in [-0.39, 0.29) is 49.2 Å². The van der Waals surface area contributed by atoms with E-state index in [4.69, 9.17) is 15.6 Å². The van der Waals surface area contributed by atoms with Gasteiger partial charge in [-0.3, -0.25) is 19.2 Å². The number of hydrogen-bond acceptors (Lipinski definition) is 8. The van der Waals surface area contributed by atoms with Crippen LogP contribution in [-0.4, -0.2) is 63.2 Å². The molecule has 0 aromatic carbocycles. The van der Waals surface area contributed by atoms with Crippen LogP contribution < -0.4 is 5.73 Å². The Morgan fingerprint density at radius 3 is 2.66 bits per heavy atom. The van der Waals surface area contributed by atoms with E-state index in [2.05, 4.69) is 6.92 Å². The van der Waals surface area contributed by atoms with Crippen LogP contribution in [0.2, 0.25) is 0 Å². The molecule has 0 saturated heterocycles. The molecule has 3 fully saturated rings. The molecule has 9 nitrogen and oxygen atoms in total. The average Bonchev–Trinajstić information content (AvgIpc) is 3.06. The van der Waals surface area contributed by atoms with Crippen LogP contribution in [0.3, 0.4) is 0 Å². The number of allylic oxidation sites excluding steroid dienone is 4. The number of hydrogen-bond donors (Lipinski definition) is 4. The maximum absolute atomic E-state index is 13.2. The first-order valence-corrected chi connectivity index (χ1v) is 12.4. The molecular weight excluding hydrogens is 454 g/mol. The lowest BCUT2D eigenvalue weighted by Crippen LogP contribution is -2.61. The van der Waals surface area contributed by atoms with Gasteiger partial charge in [0, 0.05) is 23.2 Å². The van der Waals surface area contributed by atoms with Gasteiger partial charge in [0.2, 0.25) is 5.78 Å². The number of fused-ring (bicyclic) bond motifs is 5. The molecule has 0 bridgehead atoms. The summed E-state index contributed by atoms with van der Waals surface area (Å²) in [6.07, 6.45) is 6.49. The Balaban J connectivity index is 1.50. The van der Waals surface area contributed by atoms with E-state index in [0.29, 0.717) is 6.42 Å². The third kappa shape index (κ3) is 4.07. The van der Waals surface area contributed by atoms with Crippen LogP contribution in [0, 0.1) is 28.6 Å². The van der Waals surface area contributed by atoms with Crippen LogP contribution in [-0.2, 0) is 23.9 Å². The monoisotopic (exact) mass is 489 g/mol. The molecule has 192 valence electrons. The Hall–Kier alpha value is -2.36. The summed E-state index contributed by atoms with van der Waals surface area (Å²) in [6.45, 7) is 3.25. The normalized spacial score (nSPS) is 40.7. The third-order valence-corrected chi connectivity index (χ3v) is 9.43. The Kier molecular flexibility index (Phi) is 6.57. The molecule has 0 aromatic rings. The SMILES string of the molecule is C[C@]12C=CC(=O)C=C1CC[C@@H]1[C@@H]2[C@@H](O)C[C@@]2(C)[C@H]1CC[C@]2(O)C(=O)COC(=O)[C@H](N)CCC(=O)O. The molecule has 0 radical (unpaired) electrons. The number of carbonyl (C=O) groups excluding carboxylic acids is 3. The molecule has 35 heavy (non-hydrogen) atoms. The highest BCUT2D eigenvalue weighted by molar-refractivity contribution is 6.01. The lowest BCUT2D eigenvalue weighted by molar-refractivity contribution is -0.181. The Bertz CT molecular complexity index is 1000. The zero-order valence-electron chi connectivity index (χ0n) is 20.2. The highest BCUT2D eigenvalue weighted by Crippen LogP contribution is 2.67.